The van der Waals surface area contributed by atoms with Gasteiger partial charge in [0.05, 0.1) is 23.9 Å². The fraction of sp³-hybridized carbons (Fsp3) is 0.389. The molecular formula is C18H22N4O3. The number of hydrogen-bond acceptors (Lipinski definition) is 4. The Morgan fingerprint density at radius 2 is 2.12 bits per heavy atom. The highest BCUT2D eigenvalue weighted by molar-refractivity contribution is 5.96. The van der Waals surface area contributed by atoms with Gasteiger partial charge in [-0.2, -0.15) is 5.10 Å². The van der Waals surface area contributed by atoms with Gasteiger partial charge in [-0.25, -0.2) is 4.68 Å². The molecule has 0 saturated carbocycles. The molecule has 2 heterocycles. The van der Waals surface area contributed by atoms with Crippen LogP contribution in [-0.2, 0) is 14.3 Å². The van der Waals surface area contributed by atoms with Crippen LogP contribution in [0, 0.1) is 12.8 Å². The Balaban J connectivity index is 1.71. The van der Waals surface area contributed by atoms with Gasteiger partial charge in [0, 0.05) is 32.7 Å². The second-order valence-electron chi connectivity index (χ2n) is 6.14. The number of aryl methyl sites for hydroxylation is 1. The minimum absolute atomic E-state index is 0.00931. The molecule has 3 rings (SSSR count). The maximum Gasteiger partial charge on any atom is 0.230 e. The van der Waals surface area contributed by atoms with Crippen molar-refractivity contribution < 1.29 is 14.3 Å². The first-order chi connectivity index (χ1) is 12.1. The third-order valence-electron chi connectivity index (χ3n) is 4.23. The molecular weight excluding hydrogens is 320 g/mol. The highest BCUT2D eigenvalue weighted by Gasteiger charge is 2.34. The van der Waals surface area contributed by atoms with Crippen LogP contribution in [0.25, 0.3) is 5.69 Å². The summed E-state index contributed by atoms with van der Waals surface area (Å²) in [6.45, 7) is 3.29. The van der Waals surface area contributed by atoms with Crippen LogP contribution in [0.3, 0.4) is 0 Å². The highest BCUT2D eigenvalue weighted by Crippen LogP contribution is 2.22. The summed E-state index contributed by atoms with van der Waals surface area (Å²) in [5.41, 5.74) is 1.68. The second-order valence-corrected chi connectivity index (χ2v) is 6.14. The summed E-state index contributed by atoms with van der Waals surface area (Å²) in [5.74, 6) is 0.0792. The normalized spacial score (nSPS) is 17.1. The fourth-order valence-electron chi connectivity index (χ4n) is 2.95. The molecule has 1 fully saturated rings. The molecule has 0 bridgehead atoms. The Bertz CT molecular complexity index is 757. The van der Waals surface area contributed by atoms with E-state index in [1.807, 2.05) is 43.3 Å². The van der Waals surface area contributed by atoms with Gasteiger partial charge in [0.15, 0.2) is 0 Å². The summed E-state index contributed by atoms with van der Waals surface area (Å²) in [6, 6.07) is 11.4. The zero-order chi connectivity index (χ0) is 17.8. The van der Waals surface area contributed by atoms with Gasteiger partial charge in [-0.05, 0) is 19.1 Å². The van der Waals surface area contributed by atoms with Crippen molar-refractivity contribution in [2.75, 3.05) is 32.1 Å². The first kappa shape index (κ1) is 17.2. The van der Waals surface area contributed by atoms with Crippen molar-refractivity contribution >= 4 is 17.6 Å². The van der Waals surface area contributed by atoms with Gasteiger partial charge >= 0.3 is 0 Å². The molecule has 1 aliphatic heterocycles. The molecule has 1 unspecified atom stereocenters. The molecule has 0 spiro atoms. The van der Waals surface area contributed by atoms with Crippen LogP contribution >= 0.6 is 0 Å². The van der Waals surface area contributed by atoms with E-state index in [1.54, 1.807) is 16.7 Å². The van der Waals surface area contributed by atoms with Crippen molar-refractivity contribution in [1.29, 1.82) is 0 Å². The number of benzene rings is 1. The van der Waals surface area contributed by atoms with Crippen molar-refractivity contribution in [3.63, 3.8) is 0 Å². The monoisotopic (exact) mass is 342 g/mol. The number of rotatable bonds is 6. The molecule has 1 aromatic carbocycles. The van der Waals surface area contributed by atoms with Crippen LogP contribution in [0.2, 0.25) is 0 Å². The van der Waals surface area contributed by atoms with E-state index in [0.29, 0.717) is 25.5 Å². The molecule has 1 aromatic heterocycles. The van der Waals surface area contributed by atoms with E-state index >= 15 is 0 Å². The molecule has 7 nitrogen and oxygen atoms in total. The Kier molecular flexibility index (Phi) is 5.14. The Morgan fingerprint density at radius 1 is 1.36 bits per heavy atom. The van der Waals surface area contributed by atoms with Crippen LogP contribution < -0.4 is 5.32 Å². The van der Waals surface area contributed by atoms with E-state index in [2.05, 4.69) is 10.4 Å². The molecule has 1 aliphatic rings. The number of carbonyl (C=O) groups excluding carboxylic acids is 2. The maximum atomic E-state index is 12.6. The smallest absolute Gasteiger partial charge is 0.230 e. The maximum absolute atomic E-state index is 12.6. The van der Waals surface area contributed by atoms with Gasteiger partial charge in [-0.3, -0.25) is 9.59 Å². The third kappa shape index (κ3) is 3.88. The van der Waals surface area contributed by atoms with Crippen molar-refractivity contribution in [1.82, 2.24) is 14.7 Å². The molecule has 2 amide bonds. The molecule has 25 heavy (non-hydrogen) atoms. The van der Waals surface area contributed by atoms with Gasteiger partial charge in [0.2, 0.25) is 11.8 Å². The quantitative estimate of drug-likeness (QED) is 0.865. The van der Waals surface area contributed by atoms with Crippen molar-refractivity contribution in [2.45, 2.75) is 13.3 Å². The molecule has 2 aromatic rings. The lowest BCUT2D eigenvalue weighted by Gasteiger charge is -2.16. The number of likely N-dealkylation sites (tertiary alicyclic amines) is 1. The van der Waals surface area contributed by atoms with Crippen LogP contribution in [0.4, 0.5) is 5.82 Å². The molecule has 1 N–H and O–H groups in total. The lowest BCUT2D eigenvalue weighted by Crippen LogP contribution is -2.31. The average molecular weight is 342 g/mol. The molecule has 0 aliphatic carbocycles. The average Bonchev–Trinajstić information content (AvgIpc) is 3.16. The number of para-hydroxylation sites is 1. The minimum atomic E-state index is -0.358. The third-order valence-corrected chi connectivity index (χ3v) is 4.23. The van der Waals surface area contributed by atoms with E-state index in [-0.39, 0.29) is 24.2 Å². The standard InChI is InChI=1S/C18H22N4O3/c1-13-10-16(22(20-13)15-6-4-3-5-7-15)19-18(24)14-11-17(23)21(12-14)8-9-25-2/h3-7,10,14H,8-9,11-12H2,1-2H3,(H,19,24). The number of hydrogen-bond donors (Lipinski definition) is 1. The predicted octanol–water partition coefficient (Wildman–Crippen LogP) is 1.61. The largest absolute Gasteiger partial charge is 0.383 e. The summed E-state index contributed by atoms with van der Waals surface area (Å²) < 4.78 is 6.71. The number of anilines is 1. The van der Waals surface area contributed by atoms with Gasteiger partial charge in [0.1, 0.15) is 5.82 Å². The second kappa shape index (κ2) is 7.48. The summed E-state index contributed by atoms with van der Waals surface area (Å²) in [5, 5.41) is 7.36. The fourth-order valence-corrected chi connectivity index (χ4v) is 2.95. The van der Waals surface area contributed by atoms with Crippen LogP contribution in [0.1, 0.15) is 12.1 Å². The van der Waals surface area contributed by atoms with Gasteiger partial charge in [0.25, 0.3) is 0 Å². The topological polar surface area (TPSA) is 76.5 Å². The lowest BCUT2D eigenvalue weighted by atomic mass is 10.1. The van der Waals surface area contributed by atoms with E-state index in [9.17, 15) is 9.59 Å². The number of carbonyl (C=O) groups is 2. The van der Waals surface area contributed by atoms with Gasteiger partial charge < -0.3 is 15.0 Å². The van der Waals surface area contributed by atoms with E-state index in [1.165, 1.54) is 0 Å². The number of nitrogens with zero attached hydrogens (tertiary/aromatic N) is 3. The number of nitrogens with one attached hydrogen (secondary N) is 1. The van der Waals surface area contributed by atoms with Crippen LogP contribution in [-0.4, -0.2) is 53.3 Å². The Morgan fingerprint density at radius 3 is 2.84 bits per heavy atom. The molecule has 132 valence electrons. The van der Waals surface area contributed by atoms with E-state index in [0.717, 1.165) is 11.4 Å². The highest BCUT2D eigenvalue weighted by atomic mass is 16.5. The van der Waals surface area contributed by atoms with Crippen molar-refractivity contribution in [3.05, 3.63) is 42.1 Å². The van der Waals surface area contributed by atoms with Gasteiger partial charge in [-0.15, -0.1) is 0 Å². The lowest BCUT2D eigenvalue weighted by molar-refractivity contribution is -0.128. The van der Waals surface area contributed by atoms with E-state index < -0.39 is 0 Å². The Hall–Kier alpha value is -2.67. The summed E-state index contributed by atoms with van der Waals surface area (Å²) in [6.07, 6.45) is 0.230. The number of aromatic nitrogens is 2. The molecule has 7 heteroatoms. The number of amides is 2. The number of ether oxygens (including phenoxy) is 1. The zero-order valence-corrected chi connectivity index (χ0v) is 14.4. The SMILES string of the molecule is COCCN1CC(C(=O)Nc2cc(C)nn2-c2ccccc2)CC1=O. The summed E-state index contributed by atoms with van der Waals surface area (Å²) in [7, 11) is 1.60. The predicted molar refractivity (Wildman–Crippen MR) is 93.5 cm³/mol. The van der Waals surface area contributed by atoms with Crippen molar-refractivity contribution in [2.24, 2.45) is 5.92 Å². The van der Waals surface area contributed by atoms with Crippen LogP contribution in [0.5, 0.6) is 0 Å². The van der Waals surface area contributed by atoms with Crippen molar-refractivity contribution in [3.8, 4) is 5.69 Å². The summed E-state index contributed by atoms with van der Waals surface area (Å²) in [4.78, 5) is 26.3. The summed E-state index contributed by atoms with van der Waals surface area (Å²) >= 11 is 0. The zero-order valence-electron chi connectivity index (χ0n) is 14.4. The minimum Gasteiger partial charge on any atom is -0.383 e. The first-order valence-corrected chi connectivity index (χ1v) is 8.28. The Labute approximate surface area is 146 Å². The first-order valence-electron chi connectivity index (χ1n) is 8.28. The molecule has 0 radical (unpaired) electrons. The molecule has 1 saturated heterocycles. The van der Waals surface area contributed by atoms with Crippen LogP contribution in [0.15, 0.2) is 36.4 Å². The van der Waals surface area contributed by atoms with Gasteiger partial charge in [-0.1, -0.05) is 18.2 Å². The molecule has 1 atom stereocenters. The van der Waals surface area contributed by atoms with E-state index in [4.69, 9.17) is 4.74 Å². The number of methoxy groups -OCH3 is 1.